The summed E-state index contributed by atoms with van der Waals surface area (Å²) in [7, 11) is 0. The van der Waals surface area contributed by atoms with Crippen LogP contribution in [0.1, 0.15) is 20.3 Å². The smallest absolute Gasteiger partial charge is 0.241 e. The van der Waals surface area contributed by atoms with E-state index in [0.717, 1.165) is 25.2 Å². The van der Waals surface area contributed by atoms with E-state index >= 15 is 0 Å². The molecule has 0 aliphatic carbocycles. The second kappa shape index (κ2) is 7.00. The molecule has 0 aromatic heterocycles. The van der Waals surface area contributed by atoms with Crippen LogP contribution in [0.25, 0.3) is 0 Å². The molecule has 2 N–H and O–H groups in total. The fourth-order valence-electron chi connectivity index (χ4n) is 2.79. The number of halogens is 1. The minimum atomic E-state index is -0.291. The molecule has 1 aromatic carbocycles. The Labute approximate surface area is 125 Å². The van der Waals surface area contributed by atoms with Crippen LogP contribution in [0.15, 0.2) is 24.3 Å². The molecule has 2 atom stereocenters. The average Bonchev–Trinajstić information content (AvgIpc) is 2.46. The lowest BCUT2D eigenvalue weighted by Crippen LogP contribution is -2.49. The molecule has 1 aromatic rings. The molecule has 116 valence electrons. The standard InChI is InChI=1S/C16H24FN3O/c1-3-20(14-6-4-13(17)5-7-14)16(21)11-19-9-8-15(18)12(2)10-19/h4-7,12,15H,3,8-11,18H2,1-2H3. The highest BCUT2D eigenvalue weighted by atomic mass is 19.1. The summed E-state index contributed by atoms with van der Waals surface area (Å²) in [5, 5.41) is 0. The van der Waals surface area contributed by atoms with E-state index in [-0.39, 0.29) is 17.8 Å². The van der Waals surface area contributed by atoms with Crippen molar-refractivity contribution in [1.82, 2.24) is 4.90 Å². The molecule has 0 radical (unpaired) electrons. The van der Waals surface area contributed by atoms with Crippen LogP contribution in [0.2, 0.25) is 0 Å². The zero-order chi connectivity index (χ0) is 15.4. The van der Waals surface area contributed by atoms with E-state index in [1.807, 2.05) is 6.92 Å². The van der Waals surface area contributed by atoms with Crippen molar-refractivity contribution in [2.45, 2.75) is 26.3 Å². The maximum Gasteiger partial charge on any atom is 0.241 e. The van der Waals surface area contributed by atoms with Crippen LogP contribution in [0.3, 0.4) is 0 Å². The van der Waals surface area contributed by atoms with Gasteiger partial charge in [-0.2, -0.15) is 0 Å². The highest BCUT2D eigenvalue weighted by Gasteiger charge is 2.25. The van der Waals surface area contributed by atoms with E-state index in [4.69, 9.17) is 5.73 Å². The normalized spacial score (nSPS) is 23.0. The van der Waals surface area contributed by atoms with E-state index in [9.17, 15) is 9.18 Å². The third kappa shape index (κ3) is 4.02. The van der Waals surface area contributed by atoms with Crippen LogP contribution in [0.5, 0.6) is 0 Å². The Bertz CT molecular complexity index is 477. The molecule has 1 heterocycles. The quantitative estimate of drug-likeness (QED) is 0.921. The highest BCUT2D eigenvalue weighted by Crippen LogP contribution is 2.18. The van der Waals surface area contributed by atoms with Gasteiger partial charge >= 0.3 is 0 Å². The van der Waals surface area contributed by atoms with Gasteiger partial charge in [-0.05, 0) is 43.5 Å². The number of piperidine rings is 1. The number of nitrogens with zero attached hydrogens (tertiary/aromatic N) is 2. The molecule has 5 heteroatoms. The second-order valence-corrected chi connectivity index (χ2v) is 5.78. The number of rotatable bonds is 4. The lowest BCUT2D eigenvalue weighted by Gasteiger charge is -2.35. The predicted octanol–water partition coefficient (Wildman–Crippen LogP) is 1.85. The number of carbonyl (C=O) groups is 1. The van der Waals surface area contributed by atoms with Crippen LogP contribution >= 0.6 is 0 Å². The number of nitrogens with two attached hydrogens (primary N) is 1. The van der Waals surface area contributed by atoms with Gasteiger partial charge in [0.2, 0.25) is 5.91 Å². The van der Waals surface area contributed by atoms with Crippen LogP contribution in [-0.4, -0.2) is 43.0 Å². The number of carbonyl (C=O) groups excluding carboxylic acids is 1. The van der Waals surface area contributed by atoms with Crippen LogP contribution in [-0.2, 0) is 4.79 Å². The van der Waals surface area contributed by atoms with Crippen LogP contribution in [0.4, 0.5) is 10.1 Å². The van der Waals surface area contributed by atoms with Gasteiger partial charge in [0.25, 0.3) is 0 Å². The Kier molecular flexibility index (Phi) is 5.31. The van der Waals surface area contributed by atoms with Crippen LogP contribution < -0.4 is 10.6 Å². The Balaban J connectivity index is 1.99. The summed E-state index contributed by atoms with van der Waals surface area (Å²) in [4.78, 5) is 16.3. The maximum absolute atomic E-state index is 13.0. The van der Waals surface area contributed by atoms with Gasteiger partial charge in [0.05, 0.1) is 6.54 Å². The molecule has 4 nitrogen and oxygen atoms in total. The number of likely N-dealkylation sites (tertiary alicyclic amines) is 1. The van der Waals surface area contributed by atoms with E-state index in [2.05, 4.69) is 11.8 Å². The van der Waals surface area contributed by atoms with Crippen molar-refractivity contribution in [2.24, 2.45) is 11.7 Å². The molecule has 1 fully saturated rings. The maximum atomic E-state index is 13.0. The van der Waals surface area contributed by atoms with Crippen molar-refractivity contribution in [3.8, 4) is 0 Å². The number of hydrogen-bond acceptors (Lipinski definition) is 3. The van der Waals surface area contributed by atoms with Crippen LogP contribution in [0, 0.1) is 11.7 Å². The minimum Gasteiger partial charge on any atom is -0.327 e. The van der Waals surface area contributed by atoms with Crippen molar-refractivity contribution < 1.29 is 9.18 Å². The van der Waals surface area contributed by atoms with Gasteiger partial charge in [-0.3, -0.25) is 9.69 Å². The summed E-state index contributed by atoms with van der Waals surface area (Å²) in [5.74, 6) is 0.167. The van der Waals surface area contributed by atoms with Gasteiger partial charge in [0, 0.05) is 31.4 Å². The highest BCUT2D eigenvalue weighted by molar-refractivity contribution is 5.94. The van der Waals surface area contributed by atoms with Crippen molar-refractivity contribution in [3.05, 3.63) is 30.1 Å². The van der Waals surface area contributed by atoms with Crippen molar-refractivity contribution in [3.63, 3.8) is 0 Å². The first-order chi connectivity index (χ1) is 10.0. The number of anilines is 1. The van der Waals surface area contributed by atoms with Gasteiger partial charge in [-0.1, -0.05) is 6.92 Å². The second-order valence-electron chi connectivity index (χ2n) is 5.78. The first-order valence-electron chi connectivity index (χ1n) is 7.55. The summed E-state index contributed by atoms with van der Waals surface area (Å²) in [6.07, 6.45) is 0.928. The lowest BCUT2D eigenvalue weighted by atomic mass is 9.95. The molecule has 21 heavy (non-hydrogen) atoms. The third-order valence-electron chi connectivity index (χ3n) is 4.17. The van der Waals surface area contributed by atoms with Gasteiger partial charge in [-0.15, -0.1) is 0 Å². The van der Waals surface area contributed by atoms with Gasteiger partial charge in [-0.25, -0.2) is 4.39 Å². The van der Waals surface area contributed by atoms with E-state index < -0.39 is 0 Å². The first kappa shape index (κ1) is 15.9. The van der Waals surface area contributed by atoms with Gasteiger partial charge in [0.15, 0.2) is 0 Å². The van der Waals surface area contributed by atoms with Gasteiger partial charge < -0.3 is 10.6 Å². The van der Waals surface area contributed by atoms with E-state index in [1.165, 1.54) is 12.1 Å². The molecule has 0 bridgehead atoms. The summed E-state index contributed by atoms with van der Waals surface area (Å²) >= 11 is 0. The Morgan fingerprint density at radius 2 is 2.10 bits per heavy atom. The lowest BCUT2D eigenvalue weighted by molar-refractivity contribution is -0.120. The van der Waals surface area contributed by atoms with Crippen molar-refractivity contribution in [2.75, 3.05) is 31.1 Å². The topological polar surface area (TPSA) is 49.6 Å². The molecule has 1 saturated heterocycles. The summed E-state index contributed by atoms with van der Waals surface area (Å²) in [6, 6.07) is 6.29. The minimum absolute atomic E-state index is 0.0479. The molecule has 0 saturated carbocycles. The van der Waals surface area contributed by atoms with Crippen molar-refractivity contribution >= 4 is 11.6 Å². The Morgan fingerprint density at radius 3 is 2.67 bits per heavy atom. The molecular formula is C16H24FN3O. The van der Waals surface area contributed by atoms with Gasteiger partial charge in [0.1, 0.15) is 5.82 Å². The molecule has 2 unspecified atom stereocenters. The number of amides is 1. The fourth-order valence-corrected chi connectivity index (χ4v) is 2.79. The monoisotopic (exact) mass is 293 g/mol. The molecule has 1 amide bonds. The summed E-state index contributed by atoms with van der Waals surface area (Å²) < 4.78 is 13.0. The molecule has 2 rings (SSSR count). The first-order valence-corrected chi connectivity index (χ1v) is 7.55. The molecule has 1 aliphatic rings. The largest absolute Gasteiger partial charge is 0.327 e. The third-order valence-corrected chi connectivity index (χ3v) is 4.17. The van der Waals surface area contributed by atoms with E-state index in [0.29, 0.717) is 19.0 Å². The molecule has 0 spiro atoms. The van der Waals surface area contributed by atoms with Crippen molar-refractivity contribution in [1.29, 1.82) is 0 Å². The summed E-state index contributed by atoms with van der Waals surface area (Å²) in [5.41, 5.74) is 6.75. The SMILES string of the molecule is CCN(C(=O)CN1CCC(N)C(C)C1)c1ccc(F)cc1. The Hall–Kier alpha value is -1.46. The Morgan fingerprint density at radius 1 is 1.43 bits per heavy atom. The number of benzene rings is 1. The predicted molar refractivity (Wildman–Crippen MR) is 82.6 cm³/mol. The molecular weight excluding hydrogens is 269 g/mol. The number of likely N-dealkylation sites (N-methyl/N-ethyl adjacent to an activating group) is 1. The fraction of sp³-hybridized carbons (Fsp3) is 0.562. The average molecular weight is 293 g/mol. The molecule has 1 aliphatic heterocycles. The zero-order valence-electron chi connectivity index (χ0n) is 12.8. The zero-order valence-corrected chi connectivity index (χ0v) is 12.8. The summed E-state index contributed by atoms with van der Waals surface area (Å²) in [6.45, 7) is 6.73. The number of hydrogen-bond donors (Lipinski definition) is 1. The van der Waals surface area contributed by atoms with E-state index in [1.54, 1.807) is 17.0 Å².